The van der Waals surface area contributed by atoms with E-state index in [4.69, 9.17) is 14.9 Å². The van der Waals surface area contributed by atoms with Gasteiger partial charge in [0.15, 0.2) is 0 Å². The van der Waals surface area contributed by atoms with Gasteiger partial charge in [0, 0.05) is 17.6 Å². The summed E-state index contributed by atoms with van der Waals surface area (Å²) in [5, 5.41) is 1.13. The van der Waals surface area contributed by atoms with Crippen molar-refractivity contribution >= 4 is 11.0 Å². The number of hydrogen-bond acceptors (Lipinski definition) is 3. The Balaban J connectivity index is 1.83. The van der Waals surface area contributed by atoms with Gasteiger partial charge in [-0.2, -0.15) is 0 Å². The van der Waals surface area contributed by atoms with Crippen molar-refractivity contribution in [2.24, 2.45) is 11.7 Å². The van der Waals surface area contributed by atoms with Crippen LogP contribution in [-0.2, 0) is 17.9 Å². The number of furan rings is 1. The van der Waals surface area contributed by atoms with Crippen LogP contribution in [0, 0.1) is 5.92 Å². The van der Waals surface area contributed by atoms with Gasteiger partial charge in [-0.3, -0.25) is 0 Å². The van der Waals surface area contributed by atoms with Crippen LogP contribution in [0.2, 0.25) is 0 Å². The topological polar surface area (TPSA) is 48.4 Å². The highest BCUT2D eigenvalue weighted by Gasteiger charge is 2.22. The molecule has 0 saturated heterocycles. The number of benzene rings is 1. The summed E-state index contributed by atoms with van der Waals surface area (Å²) in [6.07, 6.45) is 2.63. The zero-order valence-corrected chi connectivity index (χ0v) is 9.82. The summed E-state index contributed by atoms with van der Waals surface area (Å²) in [6, 6.07) is 8.02. The Morgan fingerprint density at radius 1 is 1.29 bits per heavy atom. The maximum atomic E-state index is 5.74. The second-order valence-corrected chi connectivity index (χ2v) is 4.66. The van der Waals surface area contributed by atoms with Crippen molar-refractivity contribution in [1.29, 1.82) is 0 Å². The molecule has 0 spiro atoms. The summed E-state index contributed by atoms with van der Waals surface area (Å²) in [6.45, 7) is 1.90. The molecule has 1 aromatic heterocycles. The highest BCUT2D eigenvalue weighted by molar-refractivity contribution is 5.82. The van der Waals surface area contributed by atoms with Gasteiger partial charge in [0.25, 0.3) is 0 Å². The van der Waals surface area contributed by atoms with Crippen LogP contribution in [0.3, 0.4) is 0 Å². The normalized spacial score (nSPS) is 15.6. The highest BCUT2D eigenvalue weighted by atomic mass is 16.5. The molecule has 0 bridgehead atoms. The molecule has 3 nitrogen and oxygen atoms in total. The van der Waals surface area contributed by atoms with E-state index in [1.54, 1.807) is 0 Å². The van der Waals surface area contributed by atoms with Gasteiger partial charge in [0.2, 0.25) is 0 Å². The van der Waals surface area contributed by atoms with Crippen molar-refractivity contribution in [2.75, 3.05) is 6.61 Å². The van der Waals surface area contributed by atoms with Crippen LogP contribution in [-0.4, -0.2) is 6.61 Å². The fraction of sp³-hybridized carbons (Fsp3) is 0.429. The molecule has 0 aliphatic heterocycles. The molecule has 90 valence electrons. The van der Waals surface area contributed by atoms with Gasteiger partial charge in [-0.05, 0) is 24.8 Å². The summed E-state index contributed by atoms with van der Waals surface area (Å²) < 4.78 is 11.5. The van der Waals surface area contributed by atoms with E-state index < -0.39 is 0 Å². The van der Waals surface area contributed by atoms with Crippen LogP contribution in [0.4, 0.5) is 0 Å². The number of rotatable bonds is 5. The van der Waals surface area contributed by atoms with E-state index in [0.717, 1.165) is 34.8 Å². The van der Waals surface area contributed by atoms with Crippen LogP contribution in [0.1, 0.15) is 24.2 Å². The Kier molecular flexibility index (Phi) is 2.87. The van der Waals surface area contributed by atoms with Crippen LogP contribution < -0.4 is 5.73 Å². The molecular weight excluding hydrogens is 214 g/mol. The Bertz CT molecular complexity index is 514. The zero-order chi connectivity index (χ0) is 11.7. The number of para-hydroxylation sites is 1. The number of nitrogens with two attached hydrogens (primary N) is 1. The molecule has 1 aromatic carbocycles. The first-order chi connectivity index (χ1) is 8.38. The van der Waals surface area contributed by atoms with Crippen molar-refractivity contribution in [3.05, 3.63) is 35.6 Å². The van der Waals surface area contributed by atoms with Crippen molar-refractivity contribution < 1.29 is 9.15 Å². The van der Waals surface area contributed by atoms with E-state index in [1.165, 1.54) is 12.8 Å². The molecule has 0 radical (unpaired) electrons. The van der Waals surface area contributed by atoms with Gasteiger partial charge in [-0.15, -0.1) is 0 Å². The fourth-order valence-electron chi connectivity index (χ4n) is 2.08. The summed E-state index contributed by atoms with van der Waals surface area (Å²) in [4.78, 5) is 0. The average molecular weight is 231 g/mol. The van der Waals surface area contributed by atoms with Gasteiger partial charge < -0.3 is 14.9 Å². The minimum Gasteiger partial charge on any atom is -0.459 e. The first-order valence-corrected chi connectivity index (χ1v) is 6.15. The van der Waals surface area contributed by atoms with E-state index in [2.05, 4.69) is 6.07 Å². The molecule has 0 amide bonds. The molecule has 2 aromatic rings. The van der Waals surface area contributed by atoms with Crippen molar-refractivity contribution in [3.8, 4) is 0 Å². The Morgan fingerprint density at radius 2 is 2.12 bits per heavy atom. The standard InChI is InChI=1S/C14H17NO2/c15-7-14-12(9-16-8-10-5-6-10)11-3-1-2-4-13(11)17-14/h1-4,10H,5-9,15H2. The molecule has 0 atom stereocenters. The average Bonchev–Trinajstić information content (AvgIpc) is 3.11. The lowest BCUT2D eigenvalue weighted by atomic mass is 10.1. The maximum absolute atomic E-state index is 5.74. The van der Waals surface area contributed by atoms with Gasteiger partial charge in [-0.1, -0.05) is 18.2 Å². The fourth-order valence-corrected chi connectivity index (χ4v) is 2.08. The molecule has 1 aliphatic rings. The summed E-state index contributed by atoms with van der Waals surface area (Å²) in [5.41, 5.74) is 7.72. The largest absolute Gasteiger partial charge is 0.459 e. The SMILES string of the molecule is NCc1oc2ccccc2c1COCC1CC1. The van der Waals surface area contributed by atoms with E-state index in [1.807, 2.05) is 18.2 Å². The number of fused-ring (bicyclic) bond motifs is 1. The molecule has 17 heavy (non-hydrogen) atoms. The van der Waals surface area contributed by atoms with Crippen LogP contribution >= 0.6 is 0 Å². The van der Waals surface area contributed by atoms with Gasteiger partial charge >= 0.3 is 0 Å². The van der Waals surface area contributed by atoms with Crippen molar-refractivity contribution in [3.63, 3.8) is 0 Å². The molecule has 1 fully saturated rings. The van der Waals surface area contributed by atoms with Gasteiger partial charge in [0.1, 0.15) is 11.3 Å². The third-order valence-corrected chi connectivity index (χ3v) is 3.26. The molecule has 0 unspecified atom stereocenters. The van der Waals surface area contributed by atoms with Crippen LogP contribution in [0.15, 0.2) is 28.7 Å². The predicted octanol–water partition coefficient (Wildman–Crippen LogP) is 2.82. The minimum absolute atomic E-state index is 0.427. The summed E-state index contributed by atoms with van der Waals surface area (Å²) >= 11 is 0. The zero-order valence-electron chi connectivity index (χ0n) is 9.82. The Morgan fingerprint density at radius 3 is 2.88 bits per heavy atom. The summed E-state index contributed by atoms with van der Waals surface area (Å²) in [7, 11) is 0. The maximum Gasteiger partial charge on any atom is 0.134 e. The van der Waals surface area contributed by atoms with Gasteiger partial charge in [-0.25, -0.2) is 0 Å². The molecule has 3 heteroatoms. The molecule has 1 heterocycles. The van der Waals surface area contributed by atoms with Crippen LogP contribution in [0.25, 0.3) is 11.0 Å². The second-order valence-electron chi connectivity index (χ2n) is 4.66. The monoisotopic (exact) mass is 231 g/mol. The molecule has 3 rings (SSSR count). The van der Waals surface area contributed by atoms with Crippen molar-refractivity contribution in [2.45, 2.75) is 26.0 Å². The van der Waals surface area contributed by atoms with Gasteiger partial charge in [0.05, 0.1) is 13.2 Å². The lowest BCUT2D eigenvalue weighted by Gasteiger charge is -2.03. The van der Waals surface area contributed by atoms with E-state index in [-0.39, 0.29) is 0 Å². The minimum atomic E-state index is 0.427. The molecular formula is C14H17NO2. The predicted molar refractivity (Wildman–Crippen MR) is 66.5 cm³/mol. The second kappa shape index (κ2) is 4.51. The van der Waals surface area contributed by atoms with Crippen molar-refractivity contribution in [1.82, 2.24) is 0 Å². The molecule has 1 aliphatic carbocycles. The number of ether oxygens (including phenoxy) is 1. The molecule has 2 N–H and O–H groups in total. The number of hydrogen-bond donors (Lipinski definition) is 1. The summed E-state index contributed by atoms with van der Waals surface area (Å²) in [5.74, 6) is 1.64. The molecule has 1 saturated carbocycles. The van der Waals surface area contributed by atoms with E-state index in [9.17, 15) is 0 Å². The highest BCUT2D eigenvalue weighted by Crippen LogP contribution is 2.30. The third-order valence-electron chi connectivity index (χ3n) is 3.26. The Labute approximate surface area is 101 Å². The van der Waals surface area contributed by atoms with E-state index in [0.29, 0.717) is 13.2 Å². The third kappa shape index (κ3) is 2.21. The lowest BCUT2D eigenvalue weighted by molar-refractivity contribution is 0.111. The first kappa shape index (κ1) is 10.8. The van der Waals surface area contributed by atoms with Crippen LogP contribution in [0.5, 0.6) is 0 Å². The Hall–Kier alpha value is -1.32. The first-order valence-electron chi connectivity index (χ1n) is 6.15. The smallest absolute Gasteiger partial charge is 0.134 e. The lowest BCUT2D eigenvalue weighted by Crippen LogP contribution is -2.02. The van der Waals surface area contributed by atoms with E-state index >= 15 is 0 Å². The quantitative estimate of drug-likeness (QED) is 0.860.